The summed E-state index contributed by atoms with van der Waals surface area (Å²) >= 11 is 0. The van der Waals surface area contributed by atoms with Crippen LogP contribution in [0, 0.1) is 0 Å². The van der Waals surface area contributed by atoms with E-state index in [0.717, 1.165) is 61.3 Å². The third kappa shape index (κ3) is 4.67. The fourth-order valence-electron chi connectivity index (χ4n) is 4.77. The van der Waals surface area contributed by atoms with Gasteiger partial charge in [0, 0.05) is 31.3 Å². The van der Waals surface area contributed by atoms with Gasteiger partial charge < -0.3 is 9.64 Å². The largest absolute Gasteiger partial charge is 0.496 e. The van der Waals surface area contributed by atoms with Gasteiger partial charge in [-0.05, 0) is 68.6 Å². The highest BCUT2D eigenvalue weighted by Crippen LogP contribution is 2.32. The minimum Gasteiger partial charge on any atom is -0.496 e. The Morgan fingerprint density at radius 1 is 1.09 bits per heavy atom. The van der Waals surface area contributed by atoms with Crippen LogP contribution in [-0.2, 0) is 21.2 Å². The Bertz CT molecular complexity index is 1080. The first-order chi connectivity index (χ1) is 15.4. The van der Waals surface area contributed by atoms with E-state index in [2.05, 4.69) is 9.62 Å². The molecule has 0 spiro atoms. The molecule has 2 heterocycles. The lowest BCUT2D eigenvalue weighted by Crippen LogP contribution is -2.37. The molecule has 1 saturated heterocycles. The monoisotopic (exact) mass is 457 g/mol. The van der Waals surface area contributed by atoms with Gasteiger partial charge in [-0.1, -0.05) is 18.2 Å². The molecule has 4 rings (SSSR count). The van der Waals surface area contributed by atoms with Crippen molar-refractivity contribution in [3.8, 4) is 5.75 Å². The lowest BCUT2D eigenvalue weighted by Gasteiger charge is -2.30. The van der Waals surface area contributed by atoms with Crippen molar-refractivity contribution in [3.63, 3.8) is 0 Å². The molecule has 32 heavy (non-hydrogen) atoms. The average molecular weight is 458 g/mol. The highest BCUT2D eigenvalue weighted by molar-refractivity contribution is 7.89. The van der Waals surface area contributed by atoms with Crippen LogP contribution in [-0.4, -0.2) is 52.5 Å². The first-order valence-electron chi connectivity index (χ1n) is 11.2. The lowest BCUT2D eigenvalue weighted by atomic mass is 10.0. The van der Waals surface area contributed by atoms with Crippen LogP contribution in [0.4, 0.5) is 5.69 Å². The fourth-order valence-corrected chi connectivity index (χ4v) is 5.86. The van der Waals surface area contributed by atoms with Crippen molar-refractivity contribution < 1.29 is 17.9 Å². The highest BCUT2D eigenvalue weighted by Gasteiger charge is 2.28. The third-order valence-electron chi connectivity index (χ3n) is 6.41. The van der Waals surface area contributed by atoms with Gasteiger partial charge in [0.2, 0.25) is 15.9 Å². The second kappa shape index (κ2) is 9.60. The number of aryl methyl sites for hydroxylation is 1. The maximum atomic E-state index is 13.2. The second-order valence-corrected chi connectivity index (χ2v) is 10.2. The minimum absolute atomic E-state index is 0.0232. The van der Waals surface area contributed by atoms with Gasteiger partial charge in [0.25, 0.3) is 0 Å². The molecule has 0 saturated carbocycles. The highest BCUT2D eigenvalue weighted by atomic mass is 32.2. The Labute approximate surface area is 190 Å². The summed E-state index contributed by atoms with van der Waals surface area (Å²) in [7, 11) is -2.06. The summed E-state index contributed by atoms with van der Waals surface area (Å²) in [6, 6.07) is 12.8. The number of hydrogen-bond acceptors (Lipinski definition) is 5. The molecule has 1 amide bonds. The van der Waals surface area contributed by atoms with Gasteiger partial charge in [-0.15, -0.1) is 0 Å². The molecule has 1 N–H and O–H groups in total. The second-order valence-electron chi connectivity index (χ2n) is 8.42. The van der Waals surface area contributed by atoms with Crippen LogP contribution in [0.5, 0.6) is 5.75 Å². The number of methoxy groups -OCH3 is 1. The molecule has 0 bridgehead atoms. The molecular weight excluding hydrogens is 426 g/mol. The zero-order valence-corrected chi connectivity index (χ0v) is 19.5. The molecular formula is C24H31N3O4S. The number of carbonyl (C=O) groups is 1. The zero-order chi connectivity index (χ0) is 22.7. The Morgan fingerprint density at radius 2 is 1.84 bits per heavy atom. The number of hydrogen-bond donors (Lipinski definition) is 1. The minimum atomic E-state index is -3.70. The van der Waals surface area contributed by atoms with Gasteiger partial charge in [-0.2, -0.15) is 0 Å². The van der Waals surface area contributed by atoms with E-state index < -0.39 is 10.0 Å². The molecule has 0 aliphatic carbocycles. The summed E-state index contributed by atoms with van der Waals surface area (Å²) in [4.78, 5) is 16.2. The van der Waals surface area contributed by atoms with Crippen molar-refractivity contribution in [1.29, 1.82) is 0 Å². The first kappa shape index (κ1) is 22.8. The van der Waals surface area contributed by atoms with E-state index >= 15 is 0 Å². The summed E-state index contributed by atoms with van der Waals surface area (Å²) in [5, 5.41) is 0. The SMILES string of the molecule is COc1ccccc1C(CNS(=O)(=O)c1ccc2c(c1)CCCN2C(C)=O)N1CCCC1. The molecule has 172 valence electrons. The number of likely N-dealkylation sites (tertiary alicyclic amines) is 1. The number of ether oxygens (including phenoxy) is 1. The number of para-hydroxylation sites is 1. The van der Waals surface area contributed by atoms with Crippen LogP contribution < -0.4 is 14.4 Å². The molecule has 2 aliphatic rings. The number of nitrogens with one attached hydrogen (secondary N) is 1. The molecule has 7 nitrogen and oxygen atoms in total. The summed E-state index contributed by atoms with van der Waals surface area (Å²) in [6.07, 6.45) is 3.81. The molecule has 2 aliphatic heterocycles. The number of carbonyl (C=O) groups excluding carboxylic acids is 1. The van der Waals surface area contributed by atoms with Crippen molar-refractivity contribution in [2.45, 2.75) is 43.5 Å². The van der Waals surface area contributed by atoms with Crippen LogP contribution in [0.1, 0.15) is 43.4 Å². The van der Waals surface area contributed by atoms with E-state index in [-0.39, 0.29) is 23.4 Å². The lowest BCUT2D eigenvalue weighted by molar-refractivity contribution is -0.116. The smallest absolute Gasteiger partial charge is 0.240 e. The predicted molar refractivity (Wildman–Crippen MR) is 125 cm³/mol. The molecule has 8 heteroatoms. The summed E-state index contributed by atoms with van der Waals surface area (Å²) < 4.78 is 34.8. The Balaban J connectivity index is 1.57. The van der Waals surface area contributed by atoms with Gasteiger partial charge in [-0.3, -0.25) is 9.69 Å². The van der Waals surface area contributed by atoms with E-state index in [1.807, 2.05) is 24.3 Å². The summed E-state index contributed by atoms with van der Waals surface area (Å²) in [5.41, 5.74) is 2.70. The Kier molecular flexibility index (Phi) is 6.83. The number of anilines is 1. The fraction of sp³-hybridized carbons (Fsp3) is 0.458. The van der Waals surface area contributed by atoms with Crippen LogP contribution in [0.15, 0.2) is 47.4 Å². The number of amides is 1. The normalized spacial score (nSPS) is 17.8. The predicted octanol–water partition coefficient (Wildman–Crippen LogP) is 3.11. The quantitative estimate of drug-likeness (QED) is 0.691. The van der Waals surface area contributed by atoms with Gasteiger partial charge in [0.15, 0.2) is 0 Å². The van der Waals surface area contributed by atoms with E-state index in [9.17, 15) is 13.2 Å². The van der Waals surface area contributed by atoms with Crippen LogP contribution in [0.25, 0.3) is 0 Å². The van der Waals surface area contributed by atoms with Gasteiger partial charge in [0.05, 0.1) is 18.0 Å². The first-order valence-corrected chi connectivity index (χ1v) is 12.7. The molecule has 0 radical (unpaired) electrons. The summed E-state index contributed by atoms with van der Waals surface area (Å²) in [6.45, 7) is 4.34. The maximum Gasteiger partial charge on any atom is 0.240 e. The zero-order valence-electron chi connectivity index (χ0n) is 18.7. The number of nitrogens with zero attached hydrogens (tertiary/aromatic N) is 2. The van der Waals surface area contributed by atoms with Crippen molar-refractivity contribution >= 4 is 21.6 Å². The van der Waals surface area contributed by atoms with E-state index in [0.29, 0.717) is 6.54 Å². The number of sulfonamides is 1. The van der Waals surface area contributed by atoms with Gasteiger partial charge in [0.1, 0.15) is 5.75 Å². The molecule has 1 unspecified atom stereocenters. The molecule has 2 aromatic rings. The number of benzene rings is 2. The summed E-state index contributed by atoms with van der Waals surface area (Å²) in [5.74, 6) is 0.742. The number of fused-ring (bicyclic) bond motifs is 1. The number of rotatable bonds is 7. The van der Waals surface area contributed by atoms with Crippen LogP contribution in [0.2, 0.25) is 0 Å². The average Bonchev–Trinajstić information content (AvgIpc) is 3.33. The van der Waals surface area contributed by atoms with Gasteiger partial charge >= 0.3 is 0 Å². The van der Waals surface area contributed by atoms with Crippen molar-refractivity contribution in [1.82, 2.24) is 9.62 Å². The Hall–Kier alpha value is -2.42. The van der Waals surface area contributed by atoms with Crippen LogP contribution in [0.3, 0.4) is 0 Å². The van der Waals surface area contributed by atoms with E-state index in [4.69, 9.17) is 4.74 Å². The molecule has 1 atom stereocenters. The maximum absolute atomic E-state index is 13.2. The molecule has 1 fully saturated rings. The van der Waals surface area contributed by atoms with Crippen molar-refractivity contribution in [2.75, 3.05) is 38.2 Å². The van der Waals surface area contributed by atoms with Crippen molar-refractivity contribution in [3.05, 3.63) is 53.6 Å². The molecule has 0 aromatic heterocycles. The third-order valence-corrected chi connectivity index (χ3v) is 7.83. The standard InChI is InChI=1S/C24H31N3O4S/c1-18(28)27-15-7-8-19-16-20(11-12-22(19)27)32(29,30)25-17-23(26-13-5-6-14-26)21-9-3-4-10-24(21)31-2/h3-4,9-12,16,23,25H,5-8,13-15,17H2,1-2H3. The topological polar surface area (TPSA) is 79.0 Å². The van der Waals surface area contributed by atoms with Crippen molar-refractivity contribution in [2.24, 2.45) is 0 Å². The van der Waals surface area contributed by atoms with E-state index in [1.54, 1.807) is 30.2 Å². The van der Waals surface area contributed by atoms with E-state index in [1.165, 1.54) is 6.92 Å². The van der Waals surface area contributed by atoms with Gasteiger partial charge in [-0.25, -0.2) is 13.1 Å². The van der Waals surface area contributed by atoms with Crippen LogP contribution >= 0.6 is 0 Å². The Morgan fingerprint density at radius 3 is 2.56 bits per heavy atom. The molecule has 2 aromatic carbocycles.